The zero-order valence-corrected chi connectivity index (χ0v) is 19.1. The third-order valence-electron chi connectivity index (χ3n) is 7.03. The van der Waals surface area contributed by atoms with Crippen molar-refractivity contribution in [3.8, 4) is 0 Å². The van der Waals surface area contributed by atoms with E-state index >= 15 is 0 Å². The molecule has 0 saturated heterocycles. The molecule has 0 aromatic heterocycles. The Morgan fingerprint density at radius 3 is 1.88 bits per heavy atom. The molecule has 2 nitrogen and oxygen atoms in total. The summed E-state index contributed by atoms with van der Waals surface area (Å²) in [7, 11) is 0. The lowest BCUT2D eigenvalue weighted by atomic mass is 9.76. The second-order valence-corrected chi connectivity index (χ2v) is 9.54. The Bertz CT molecular complexity index is 902. The van der Waals surface area contributed by atoms with Crippen molar-refractivity contribution in [1.29, 1.82) is 0 Å². The van der Waals surface area contributed by atoms with Gasteiger partial charge in [-0.3, -0.25) is 4.79 Å². The molecule has 0 bridgehead atoms. The molecule has 2 fully saturated rings. The fraction of sp³-hybridized carbons (Fsp3) is 0.519. The fourth-order valence-electron chi connectivity index (χ4n) is 4.93. The molecule has 174 valence electrons. The summed E-state index contributed by atoms with van der Waals surface area (Å²) in [5.41, 5.74) is 1.13. The van der Waals surface area contributed by atoms with Crippen LogP contribution in [-0.4, -0.2) is 5.97 Å². The van der Waals surface area contributed by atoms with E-state index in [0.717, 1.165) is 31.8 Å². The van der Waals surface area contributed by atoms with Crippen molar-refractivity contribution < 1.29 is 22.7 Å². The van der Waals surface area contributed by atoms with Gasteiger partial charge < -0.3 is 4.74 Å². The highest BCUT2D eigenvalue weighted by atomic mass is 19.2. The zero-order chi connectivity index (χ0) is 23.4. The van der Waals surface area contributed by atoms with E-state index < -0.39 is 23.4 Å². The highest BCUT2D eigenvalue weighted by molar-refractivity contribution is 5.74. The van der Waals surface area contributed by atoms with Crippen LogP contribution in [-0.2, 0) is 9.53 Å². The summed E-state index contributed by atoms with van der Waals surface area (Å²) in [6.45, 7) is 10.7. The van der Waals surface area contributed by atoms with Crippen molar-refractivity contribution in [3.05, 3.63) is 71.3 Å². The third kappa shape index (κ3) is 5.73. The van der Waals surface area contributed by atoms with E-state index in [1.54, 1.807) is 12.1 Å². The van der Waals surface area contributed by atoms with Crippen molar-refractivity contribution in [3.63, 3.8) is 0 Å². The molecular formula is C27H33F3O2. The molecule has 32 heavy (non-hydrogen) atoms. The number of allylic oxidation sites excluding steroid dienone is 3. The molecule has 0 aliphatic heterocycles. The van der Waals surface area contributed by atoms with Crippen LogP contribution in [0, 0.1) is 23.5 Å². The first-order chi connectivity index (χ1) is 15.2. The predicted molar refractivity (Wildman–Crippen MR) is 121 cm³/mol. The summed E-state index contributed by atoms with van der Waals surface area (Å²) in [6.07, 6.45) is 7.10. The number of carbonyl (C=O) groups excluding carboxylic acids is 1. The molecule has 0 N–H and O–H groups in total. The molecular weight excluding hydrogens is 413 g/mol. The molecule has 0 radical (unpaired) electrons. The molecule has 5 heteroatoms. The van der Waals surface area contributed by atoms with Crippen LogP contribution in [0.1, 0.15) is 88.2 Å². The summed E-state index contributed by atoms with van der Waals surface area (Å²) in [6, 6.07) is 3.50. The van der Waals surface area contributed by atoms with Gasteiger partial charge in [-0.1, -0.05) is 45.1 Å². The fourth-order valence-corrected chi connectivity index (χ4v) is 4.93. The molecule has 2 aliphatic rings. The van der Waals surface area contributed by atoms with Crippen LogP contribution in [0.5, 0.6) is 0 Å². The van der Waals surface area contributed by atoms with Gasteiger partial charge in [0.05, 0.1) is 5.92 Å². The molecule has 0 heterocycles. The standard InChI is InChI=1S/C27H33F3O2/c1-16(2)24(28)15-18(4)32-27(31)21-11-9-20(10-12-21)23-14-13-22(25(29)26(23)30)19-7-5-17(3)6-8-19/h13-15,17,19-21H,1,4-12H2,2-3H3/b24-15+. The maximum Gasteiger partial charge on any atom is 0.314 e. The number of hydrogen-bond donors (Lipinski definition) is 0. The number of ether oxygens (including phenoxy) is 1. The maximum atomic E-state index is 15.0. The van der Waals surface area contributed by atoms with Gasteiger partial charge in [0.15, 0.2) is 11.6 Å². The van der Waals surface area contributed by atoms with Crippen LogP contribution in [0.3, 0.4) is 0 Å². The number of halogens is 3. The number of hydrogen-bond acceptors (Lipinski definition) is 2. The number of rotatable bonds is 6. The van der Waals surface area contributed by atoms with Crippen molar-refractivity contribution >= 4 is 5.97 Å². The van der Waals surface area contributed by atoms with E-state index in [1.165, 1.54) is 6.92 Å². The van der Waals surface area contributed by atoms with E-state index in [0.29, 0.717) is 42.7 Å². The Morgan fingerprint density at radius 2 is 1.41 bits per heavy atom. The molecule has 0 atom stereocenters. The molecule has 1 aromatic carbocycles. The van der Waals surface area contributed by atoms with Crippen LogP contribution < -0.4 is 0 Å². The van der Waals surface area contributed by atoms with E-state index in [9.17, 15) is 18.0 Å². The second-order valence-electron chi connectivity index (χ2n) is 9.54. The molecule has 3 rings (SSSR count). The highest BCUT2D eigenvalue weighted by Gasteiger charge is 2.32. The van der Waals surface area contributed by atoms with Crippen molar-refractivity contribution in [2.45, 2.75) is 77.0 Å². The van der Waals surface area contributed by atoms with E-state index in [2.05, 4.69) is 20.1 Å². The van der Waals surface area contributed by atoms with Gasteiger partial charge in [0.2, 0.25) is 0 Å². The summed E-state index contributed by atoms with van der Waals surface area (Å²) >= 11 is 0. The van der Waals surface area contributed by atoms with Crippen LogP contribution >= 0.6 is 0 Å². The lowest BCUT2D eigenvalue weighted by Gasteiger charge is -2.29. The summed E-state index contributed by atoms with van der Waals surface area (Å²) in [4.78, 5) is 12.4. The van der Waals surface area contributed by atoms with Gasteiger partial charge in [-0.25, -0.2) is 13.2 Å². The molecule has 1 aromatic rings. The van der Waals surface area contributed by atoms with E-state index in [-0.39, 0.29) is 29.1 Å². The molecule has 2 saturated carbocycles. The quantitative estimate of drug-likeness (QED) is 0.251. The zero-order valence-electron chi connectivity index (χ0n) is 19.1. The first kappa shape index (κ1) is 24.3. The minimum atomic E-state index is -0.735. The van der Waals surface area contributed by atoms with E-state index in [4.69, 9.17) is 4.74 Å². The van der Waals surface area contributed by atoms with Gasteiger partial charge in [-0.2, -0.15) is 0 Å². The first-order valence-corrected chi connectivity index (χ1v) is 11.6. The van der Waals surface area contributed by atoms with E-state index in [1.807, 2.05) is 0 Å². The largest absolute Gasteiger partial charge is 0.427 e. The Hall–Kier alpha value is -2.30. The molecule has 0 spiro atoms. The highest BCUT2D eigenvalue weighted by Crippen LogP contribution is 2.41. The molecule has 2 aliphatic carbocycles. The second kappa shape index (κ2) is 10.5. The Morgan fingerprint density at radius 1 is 0.938 bits per heavy atom. The first-order valence-electron chi connectivity index (χ1n) is 11.6. The molecule has 0 amide bonds. The van der Waals surface area contributed by atoms with Crippen molar-refractivity contribution in [1.82, 2.24) is 0 Å². The SMILES string of the molecule is C=C(/C=C(/F)C(=C)C)OC(=O)C1CCC(c2ccc(C3CCC(C)CC3)c(F)c2F)CC1. The van der Waals surface area contributed by atoms with Crippen LogP contribution in [0.25, 0.3) is 0 Å². The van der Waals surface area contributed by atoms with Crippen LogP contribution in [0.15, 0.2) is 48.5 Å². The van der Waals surface area contributed by atoms with Gasteiger partial charge in [0, 0.05) is 6.08 Å². The van der Waals surface area contributed by atoms with Crippen LogP contribution in [0.4, 0.5) is 13.2 Å². The monoisotopic (exact) mass is 446 g/mol. The van der Waals surface area contributed by atoms with Gasteiger partial charge in [-0.05, 0) is 79.9 Å². The van der Waals surface area contributed by atoms with Gasteiger partial charge in [0.25, 0.3) is 0 Å². The normalized spacial score (nSPS) is 26.5. The molecule has 0 unspecified atom stereocenters. The minimum absolute atomic E-state index is 0.0709. The number of carbonyl (C=O) groups is 1. The van der Waals surface area contributed by atoms with Gasteiger partial charge in [-0.15, -0.1) is 0 Å². The average molecular weight is 447 g/mol. The van der Waals surface area contributed by atoms with Crippen molar-refractivity contribution in [2.24, 2.45) is 11.8 Å². The smallest absolute Gasteiger partial charge is 0.314 e. The predicted octanol–water partition coefficient (Wildman–Crippen LogP) is 8.02. The van der Waals surface area contributed by atoms with Gasteiger partial charge >= 0.3 is 5.97 Å². The summed E-state index contributed by atoms with van der Waals surface area (Å²) < 4.78 is 48.6. The Labute approximate surface area is 189 Å². The Kier molecular flexibility index (Phi) is 8.02. The maximum absolute atomic E-state index is 15.0. The number of esters is 1. The third-order valence-corrected chi connectivity index (χ3v) is 7.03. The average Bonchev–Trinajstić information content (AvgIpc) is 2.76. The lowest BCUT2D eigenvalue weighted by Crippen LogP contribution is -2.23. The minimum Gasteiger partial charge on any atom is -0.427 e. The lowest BCUT2D eigenvalue weighted by molar-refractivity contribution is -0.144. The van der Waals surface area contributed by atoms with Gasteiger partial charge in [0.1, 0.15) is 11.6 Å². The van der Waals surface area contributed by atoms with Crippen molar-refractivity contribution in [2.75, 3.05) is 0 Å². The topological polar surface area (TPSA) is 26.3 Å². The summed E-state index contributed by atoms with van der Waals surface area (Å²) in [5.74, 6) is -2.30. The summed E-state index contributed by atoms with van der Waals surface area (Å²) in [5, 5.41) is 0. The Balaban J connectivity index is 1.59. The number of benzene rings is 1. The van der Waals surface area contributed by atoms with Crippen LogP contribution in [0.2, 0.25) is 0 Å².